The number of rotatable bonds is 4. The van der Waals surface area contributed by atoms with Crippen molar-refractivity contribution in [3.8, 4) is 5.75 Å². The number of anilines is 1. The minimum absolute atomic E-state index is 0.678. The van der Waals surface area contributed by atoms with Crippen molar-refractivity contribution in [1.82, 2.24) is 4.98 Å². The molecule has 17 heavy (non-hydrogen) atoms. The Morgan fingerprint density at radius 1 is 1.35 bits per heavy atom. The highest BCUT2D eigenvalue weighted by Crippen LogP contribution is 2.28. The molecule has 2 rings (SSSR count). The lowest BCUT2D eigenvalue weighted by Crippen LogP contribution is -1.95. The van der Waals surface area contributed by atoms with Crippen LogP contribution in [0.4, 0.5) is 5.69 Å². The summed E-state index contributed by atoms with van der Waals surface area (Å²) < 4.78 is 5.25. The van der Waals surface area contributed by atoms with Crippen molar-refractivity contribution in [2.45, 2.75) is 26.2 Å². The molecule has 0 aliphatic carbocycles. The normalized spacial score (nSPS) is 10.7. The molecule has 2 N–H and O–H groups in total. The molecule has 0 aliphatic heterocycles. The number of aromatic nitrogens is 1. The standard InChI is InChI=1S/C14H18N2O/c1-3-4-5-10-6-7-16-14-12(10)8-11(17-2)9-13(14)15/h6-9H,3-5,15H2,1-2H3. The molecule has 0 bridgehead atoms. The third-order valence-corrected chi connectivity index (χ3v) is 2.97. The topological polar surface area (TPSA) is 48.1 Å². The molecule has 1 heterocycles. The fourth-order valence-corrected chi connectivity index (χ4v) is 2.01. The smallest absolute Gasteiger partial charge is 0.121 e. The molecular formula is C14H18N2O. The first-order valence-corrected chi connectivity index (χ1v) is 5.97. The van der Waals surface area contributed by atoms with Crippen molar-refractivity contribution >= 4 is 16.6 Å². The second-order valence-electron chi connectivity index (χ2n) is 4.19. The number of pyridine rings is 1. The van der Waals surface area contributed by atoms with Gasteiger partial charge in [-0.15, -0.1) is 0 Å². The van der Waals surface area contributed by atoms with Crippen LogP contribution in [0, 0.1) is 0 Å². The third kappa shape index (κ3) is 2.33. The number of hydrogen-bond donors (Lipinski definition) is 1. The highest BCUT2D eigenvalue weighted by atomic mass is 16.5. The maximum absolute atomic E-state index is 5.99. The number of aryl methyl sites for hydroxylation is 1. The molecule has 1 aromatic heterocycles. The molecule has 1 aromatic carbocycles. The van der Waals surface area contributed by atoms with E-state index in [1.807, 2.05) is 18.3 Å². The molecule has 0 fully saturated rings. The van der Waals surface area contributed by atoms with Crippen molar-refractivity contribution in [1.29, 1.82) is 0 Å². The van der Waals surface area contributed by atoms with Gasteiger partial charge in [-0.1, -0.05) is 13.3 Å². The largest absolute Gasteiger partial charge is 0.497 e. The number of nitrogens with two attached hydrogens (primary N) is 1. The summed E-state index contributed by atoms with van der Waals surface area (Å²) in [7, 11) is 1.66. The average Bonchev–Trinajstić information content (AvgIpc) is 2.36. The summed E-state index contributed by atoms with van der Waals surface area (Å²) in [5, 5.41) is 1.11. The van der Waals surface area contributed by atoms with Crippen LogP contribution in [0.5, 0.6) is 5.75 Å². The molecule has 0 aliphatic rings. The summed E-state index contributed by atoms with van der Waals surface area (Å²) in [5.41, 5.74) is 8.83. The quantitative estimate of drug-likeness (QED) is 0.821. The lowest BCUT2D eigenvalue weighted by Gasteiger charge is -2.09. The predicted octanol–water partition coefficient (Wildman–Crippen LogP) is 3.17. The number of unbranched alkanes of at least 4 members (excludes halogenated alkanes) is 1. The Kier molecular flexibility index (Phi) is 3.47. The summed E-state index contributed by atoms with van der Waals surface area (Å²) in [4.78, 5) is 4.34. The van der Waals surface area contributed by atoms with E-state index in [1.165, 1.54) is 18.4 Å². The van der Waals surface area contributed by atoms with Crippen LogP contribution in [0.15, 0.2) is 24.4 Å². The Morgan fingerprint density at radius 2 is 2.18 bits per heavy atom. The minimum Gasteiger partial charge on any atom is -0.497 e. The third-order valence-electron chi connectivity index (χ3n) is 2.97. The zero-order chi connectivity index (χ0) is 12.3. The molecule has 0 saturated heterocycles. The predicted molar refractivity (Wildman–Crippen MR) is 71.3 cm³/mol. The van der Waals surface area contributed by atoms with Gasteiger partial charge in [0.25, 0.3) is 0 Å². The Hall–Kier alpha value is -1.77. The molecule has 0 atom stereocenters. The Morgan fingerprint density at radius 3 is 2.88 bits per heavy atom. The van der Waals surface area contributed by atoms with E-state index in [1.54, 1.807) is 7.11 Å². The number of fused-ring (bicyclic) bond motifs is 1. The second-order valence-corrected chi connectivity index (χ2v) is 4.19. The molecule has 0 unspecified atom stereocenters. The Labute approximate surface area is 102 Å². The molecule has 3 nitrogen and oxygen atoms in total. The molecule has 0 amide bonds. The maximum Gasteiger partial charge on any atom is 0.121 e. The molecular weight excluding hydrogens is 212 g/mol. The van der Waals surface area contributed by atoms with Gasteiger partial charge in [0.2, 0.25) is 0 Å². The van der Waals surface area contributed by atoms with Gasteiger partial charge in [-0.25, -0.2) is 0 Å². The highest BCUT2D eigenvalue weighted by Gasteiger charge is 2.07. The van der Waals surface area contributed by atoms with Gasteiger partial charge in [-0.3, -0.25) is 4.98 Å². The van der Waals surface area contributed by atoms with E-state index >= 15 is 0 Å². The van der Waals surface area contributed by atoms with E-state index in [4.69, 9.17) is 10.5 Å². The van der Waals surface area contributed by atoms with Gasteiger partial charge in [0, 0.05) is 17.6 Å². The molecule has 0 saturated carbocycles. The molecule has 3 heteroatoms. The first-order chi connectivity index (χ1) is 8.26. The number of hydrogen-bond acceptors (Lipinski definition) is 3. The van der Waals surface area contributed by atoms with E-state index in [0.717, 1.165) is 23.1 Å². The van der Waals surface area contributed by atoms with Crippen LogP contribution in [-0.4, -0.2) is 12.1 Å². The van der Waals surface area contributed by atoms with E-state index in [9.17, 15) is 0 Å². The Balaban J connectivity index is 2.56. The van der Waals surface area contributed by atoms with Crippen molar-refractivity contribution in [2.75, 3.05) is 12.8 Å². The maximum atomic E-state index is 5.99. The number of nitrogen functional groups attached to an aromatic ring is 1. The van der Waals surface area contributed by atoms with Crippen molar-refractivity contribution < 1.29 is 4.74 Å². The monoisotopic (exact) mass is 230 g/mol. The number of benzene rings is 1. The van der Waals surface area contributed by atoms with Crippen molar-refractivity contribution in [2.24, 2.45) is 0 Å². The fraction of sp³-hybridized carbons (Fsp3) is 0.357. The minimum atomic E-state index is 0.678. The summed E-state index contributed by atoms with van der Waals surface area (Å²) in [6, 6.07) is 5.90. The van der Waals surface area contributed by atoms with E-state index in [2.05, 4.69) is 18.0 Å². The van der Waals surface area contributed by atoms with Crippen LogP contribution >= 0.6 is 0 Å². The van der Waals surface area contributed by atoms with Gasteiger partial charge in [0.05, 0.1) is 18.3 Å². The summed E-state index contributed by atoms with van der Waals surface area (Å²) >= 11 is 0. The Bertz CT molecular complexity index is 523. The van der Waals surface area contributed by atoms with E-state index < -0.39 is 0 Å². The molecule has 0 radical (unpaired) electrons. The van der Waals surface area contributed by atoms with Crippen LogP contribution in [0.1, 0.15) is 25.3 Å². The summed E-state index contributed by atoms with van der Waals surface area (Å²) in [6.45, 7) is 2.19. The molecule has 0 spiro atoms. The number of nitrogens with zero attached hydrogens (tertiary/aromatic N) is 1. The summed E-state index contributed by atoms with van der Waals surface area (Å²) in [6.07, 6.45) is 5.25. The van der Waals surface area contributed by atoms with Gasteiger partial charge < -0.3 is 10.5 Å². The van der Waals surface area contributed by atoms with Gasteiger partial charge in [0.1, 0.15) is 5.75 Å². The van der Waals surface area contributed by atoms with Crippen LogP contribution in [0.3, 0.4) is 0 Å². The van der Waals surface area contributed by atoms with Gasteiger partial charge >= 0.3 is 0 Å². The first-order valence-electron chi connectivity index (χ1n) is 5.97. The first kappa shape index (κ1) is 11.7. The lowest BCUT2D eigenvalue weighted by molar-refractivity contribution is 0.415. The van der Waals surface area contributed by atoms with E-state index in [-0.39, 0.29) is 0 Å². The highest BCUT2D eigenvalue weighted by molar-refractivity contribution is 5.93. The second kappa shape index (κ2) is 5.04. The van der Waals surface area contributed by atoms with Crippen LogP contribution < -0.4 is 10.5 Å². The van der Waals surface area contributed by atoms with Gasteiger partial charge in [-0.2, -0.15) is 0 Å². The zero-order valence-electron chi connectivity index (χ0n) is 10.4. The van der Waals surface area contributed by atoms with Crippen LogP contribution in [0.2, 0.25) is 0 Å². The SMILES string of the molecule is CCCCc1ccnc2c(N)cc(OC)cc12. The summed E-state index contributed by atoms with van der Waals surface area (Å²) in [5.74, 6) is 0.792. The molecule has 2 aromatic rings. The van der Waals surface area contributed by atoms with Gasteiger partial charge in [0.15, 0.2) is 0 Å². The number of methoxy groups -OCH3 is 1. The van der Waals surface area contributed by atoms with Crippen LogP contribution in [0.25, 0.3) is 10.9 Å². The van der Waals surface area contributed by atoms with Crippen molar-refractivity contribution in [3.63, 3.8) is 0 Å². The molecule has 90 valence electrons. The van der Waals surface area contributed by atoms with Crippen molar-refractivity contribution in [3.05, 3.63) is 30.0 Å². The fourth-order valence-electron chi connectivity index (χ4n) is 2.01. The van der Waals surface area contributed by atoms with Gasteiger partial charge in [-0.05, 0) is 30.5 Å². The van der Waals surface area contributed by atoms with E-state index in [0.29, 0.717) is 5.69 Å². The van der Waals surface area contributed by atoms with Crippen LogP contribution in [-0.2, 0) is 6.42 Å². The lowest BCUT2D eigenvalue weighted by atomic mass is 10.0. The number of ether oxygens (including phenoxy) is 1. The zero-order valence-corrected chi connectivity index (χ0v) is 10.4. The average molecular weight is 230 g/mol.